The quantitative estimate of drug-likeness (QED) is 0.642. The molecule has 0 saturated heterocycles. The fraction of sp³-hybridized carbons (Fsp3) is 0.211. The van der Waals surface area contributed by atoms with E-state index in [1.165, 1.54) is 12.1 Å². The lowest BCUT2D eigenvalue weighted by molar-refractivity contribution is -0.116. The van der Waals surface area contributed by atoms with Gasteiger partial charge in [-0.1, -0.05) is 18.2 Å². The molecule has 136 valence electrons. The number of sulfonamides is 1. The van der Waals surface area contributed by atoms with Crippen molar-refractivity contribution in [1.29, 1.82) is 0 Å². The van der Waals surface area contributed by atoms with Crippen LogP contribution >= 0.6 is 0 Å². The summed E-state index contributed by atoms with van der Waals surface area (Å²) in [6.45, 7) is 3.61. The third kappa shape index (κ3) is 3.79. The van der Waals surface area contributed by atoms with Gasteiger partial charge in [0.15, 0.2) is 0 Å². The Morgan fingerprint density at radius 2 is 1.92 bits per heavy atom. The zero-order valence-corrected chi connectivity index (χ0v) is 15.5. The molecule has 1 aromatic heterocycles. The predicted molar refractivity (Wildman–Crippen MR) is 103 cm³/mol. The Morgan fingerprint density at radius 3 is 2.65 bits per heavy atom. The van der Waals surface area contributed by atoms with Crippen molar-refractivity contribution in [3.05, 3.63) is 59.3 Å². The number of fused-ring (bicyclic) bond motifs is 1. The average molecular weight is 371 g/mol. The number of aryl methyl sites for hydroxylation is 2. The molecule has 0 radical (unpaired) electrons. The predicted octanol–water partition coefficient (Wildman–Crippen LogP) is 3.00. The van der Waals surface area contributed by atoms with Gasteiger partial charge in [-0.25, -0.2) is 13.6 Å². The first-order chi connectivity index (χ1) is 12.3. The van der Waals surface area contributed by atoms with Crippen molar-refractivity contribution in [2.75, 3.05) is 5.32 Å². The molecule has 1 amide bonds. The summed E-state index contributed by atoms with van der Waals surface area (Å²) in [5, 5.41) is 9.11. The van der Waals surface area contributed by atoms with E-state index in [4.69, 9.17) is 5.14 Å². The minimum absolute atomic E-state index is 0.00692. The number of aromatic nitrogens is 1. The number of primary sulfonamides is 1. The molecule has 0 aliphatic heterocycles. The highest BCUT2D eigenvalue weighted by Crippen LogP contribution is 2.24. The summed E-state index contributed by atoms with van der Waals surface area (Å²) in [5.41, 5.74) is 4.15. The summed E-state index contributed by atoms with van der Waals surface area (Å²) in [7, 11) is -3.83. The van der Waals surface area contributed by atoms with Gasteiger partial charge in [0.05, 0.1) is 4.90 Å². The van der Waals surface area contributed by atoms with Crippen LogP contribution in [0.25, 0.3) is 10.9 Å². The van der Waals surface area contributed by atoms with E-state index < -0.39 is 10.0 Å². The lowest BCUT2D eigenvalue weighted by atomic mass is 10.1. The van der Waals surface area contributed by atoms with Crippen LogP contribution in [0.15, 0.2) is 47.5 Å². The molecule has 0 saturated carbocycles. The highest BCUT2D eigenvalue weighted by molar-refractivity contribution is 7.89. The number of carbonyl (C=O) groups is 1. The molecule has 1 heterocycles. The second-order valence-electron chi connectivity index (χ2n) is 6.37. The fourth-order valence-electron chi connectivity index (χ4n) is 2.92. The third-order valence-corrected chi connectivity index (χ3v) is 5.43. The van der Waals surface area contributed by atoms with Gasteiger partial charge in [0, 0.05) is 29.2 Å². The molecule has 3 aromatic rings. The Bertz CT molecular complexity index is 1080. The first-order valence-electron chi connectivity index (χ1n) is 8.24. The number of hydrogen-bond donors (Lipinski definition) is 3. The van der Waals surface area contributed by atoms with Crippen molar-refractivity contribution >= 4 is 32.5 Å². The maximum atomic E-state index is 12.4. The molecular weight excluding hydrogens is 350 g/mol. The van der Waals surface area contributed by atoms with Gasteiger partial charge in [-0.3, -0.25) is 4.79 Å². The van der Waals surface area contributed by atoms with Crippen LogP contribution in [0.5, 0.6) is 0 Å². The van der Waals surface area contributed by atoms with E-state index in [2.05, 4.69) is 10.3 Å². The number of anilines is 1. The van der Waals surface area contributed by atoms with E-state index in [0.717, 1.165) is 27.6 Å². The SMILES string of the molecule is Cc1cc(S(N)(=O)=O)cc(NC(=O)CCc2c[nH]c3ccccc23)c1C. The zero-order valence-electron chi connectivity index (χ0n) is 14.7. The highest BCUT2D eigenvalue weighted by Gasteiger charge is 2.14. The fourth-order valence-corrected chi connectivity index (χ4v) is 3.54. The lowest BCUT2D eigenvalue weighted by Crippen LogP contribution is -2.16. The molecule has 6 nitrogen and oxygen atoms in total. The minimum atomic E-state index is -3.83. The molecule has 0 spiro atoms. The van der Waals surface area contributed by atoms with E-state index in [0.29, 0.717) is 18.5 Å². The number of para-hydroxylation sites is 1. The summed E-state index contributed by atoms with van der Waals surface area (Å²) >= 11 is 0. The van der Waals surface area contributed by atoms with Gasteiger partial charge >= 0.3 is 0 Å². The van der Waals surface area contributed by atoms with E-state index in [9.17, 15) is 13.2 Å². The van der Waals surface area contributed by atoms with Crippen LogP contribution in [-0.4, -0.2) is 19.3 Å². The smallest absolute Gasteiger partial charge is 0.238 e. The molecular formula is C19H21N3O3S. The number of benzene rings is 2. The summed E-state index contributed by atoms with van der Waals surface area (Å²) in [6.07, 6.45) is 2.79. The molecule has 4 N–H and O–H groups in total. The highest BCUT2D eigenvalue weighted by atomic mass is 32.2. The summed E-state index contributed by atoms with van der Waals surface area (Å²) in [6, 6.07) is 10.8. The maximum Gasteiger partial charge on any atom is 0.238 e. The van der Waals surface area contributed by atoms with Gasteiger partial charge in [0.25, 0.3) is 0 Å². The summed E-state index contributed by atoms with van der Waals surface area (Å²) in [4.78, 5) is 15.5. The van der Waals surface area contributed by atoms with Crippen LogP contribution in [0, 0.1) is 13.8 Å². The Balaban J connectivity index is 1.75. The summed E-state index contributed by atoms with van der Waals surface area (Å²) in [5.74, 6) is -0.177. The molecule has 26 heavy (non-hydrogen) atoms. The monoisotopic (exact) mass is 371 g/mol. The van der Waals surface area contributed by atoms with E-state index in [1.54, 1.807) is 6.92 Å². The number of amides is 1. The van der Waals surface area contributed by atoms with Gasteiger partial charge in [0.1, 0.15) is 0 Å². The summed E-state index contributed by atoms with van der Waals surface area (Å²) < 4.78 is 23.2. The van der Waals surface area contributed by atoms with Gasteiger partial charge in [-0.15, -0.1) is 0 Å². The van der Waals surface area contributed by atoms with Crippen molar-refractivity contribution in [2.24, 2.45) is 5.14 Å². The first kappa shape index (κ1) is 18.2. The second-order valence-corrected chi connectivity index (χ2v) is 7.93. The van der Waals surface area contributed by atoms with Crippen LogP contribution in [0.1, 0.15) is 23.1 Å². The van der Waals surface area contributed by atoms with Gasteiger partial charge < -0.3 is 10.3 Å². The van der Waals surface area contributed by atoms with Crippen molar-refractivity contribution < 1.29 is 13.2 Å². The molecule has 0 atom stereocenters. The Kier molecular flexibility index (Phi) is 4.84. The van der Waals surface area contributed by atoms with Crippen molar-refractivity contribution in [1.82, 2.24) is 4.98 Å². The molecule has 3 rings (SSSR count). The number of rotatable bonds is 5. The number of carbonyl (C=O) groups excluding carboxylic acids is 1. The number of aromatic amines is 1. The lowest BCUT2D eigenvalue weighted by Gasteiger charge is -2.12. The number of nitrogens with one attached hydrogen (secondary N) is 2. The number of nitrogens with two attached hydrogens (primary N) is 1. The van der Waals surface area contributed by atoms with Gasteiger partial charge in [-0.05, 0) is 55.2 Å². The van der Waals surface area contributed by atoms with Crippen LogP contribution < -0.4 is 10.5 Å². The number of hydrogen-bond acceptors (Lipinski definition) is 3. The van der Waals surface area contributed by atoms with Crippen LogP contribution in [-0.2, 0) is 21.2 Å². The van der Waals surface area contributed by atoms with Crippen molar-refractivity contribution in [3.63, 3.8) is 0 Å². The van der Waals surface area contributed by atoms with E-state index >= 15 is 0 Å². The van der Waals surface area contributed by atoms with Crippen molar-refractivity contribution in [3.8, 4) is 0 Å². The first-order valence-corrected chi connectivity index (χ1v) is 9.79. The second kappa shape index (κ2) is 6.93. The Labute approximate surface area is 152 Å². The largest absolute Gasteiger partial charge is 0.361 e. The molecule has 0 unspecified atom stereocenters. The average Bonchev–Trinajstić information content (AvgIpc) is 2.99. The topological polar surface area (TPSA) is 105 Å². The molecule has 7 heteroatoms. The number of H-pyrrole nitrogens is 1. The Hall–Kier alpha value is -2.64. The van der Waals surface area contributed by atoms with E-state index in [1.807, 2.05) is 37.4 Å². The molecule has 0 aliphatic carbocycles. The van der Waals surface area contributed by atoms with Crippen LogP contribution in [0.4, 0.5) is 5.69 Å². The zero-order chi connectivity index (χ0) is 18.9. The third-order valence-electron chi connectivity index (χ3n) is 4.54. The van der Waals surface area contributed by atoms with Gasteiger partial charge in [0.2, 0.25) is 15.9 Å². The Morgan fingerprint density at radius 1 is 1.19 bits per heavy atom. The van der Waals surface area contributed by atoms with Crippen LogP contribution in [0.2, 0.25) is 0 Å². The normalized spacial score (nSPS) is 11.7. The molecule has 0 aliphatic rings. The molecule has 0 bridgehead atoms. The van der Waals surface area contributed by atoms with Crippen LogP contribution in [0.3, 0.4) is 0 Å². The standard InChI is InChI=1S/C19H21N3O3S/c1-12-9-15(26(20,24)25)10-18(13(12)2)22-19(23)8-7-14-11-21-17-6-4-3-5-16(14)17/h3-6,9-11,21H,7-8H2,1-2H3,(H,22,23)(H2,20,24,25). The van der Waals surface area contributed by atoms with Crippen molar-refractivity contribution in [2.45, 2.75) is 31.6 Å². The molecule has 0 fully saturated rings. The van der Waals surface area contributed by atoms with E-state index in [-0.39, 0.29) is 10.8 Å². The minimum Gasteiger partial charge on any atom is -0.361 e. The maximum absolute atomic E-state index is 12.4. The van der Waals surface area contributed by atoms with Gasteiger partial charge in [-0.2, -0.15) is 0 Å². The molecule has 2 aromatic carbocycles.